The maximum absolute atomic E-state index is 12.1. The number of amides is 1. The van der Waals surface area contributed by atoms with Gasteiger partial charge in [-0.05, 0) is 24.7 Å². The van der Waals surface area contributed by atoms with Crippen LogP contribution in [0.5, 0.6) is 0 Å². The maximum atomic E-state index is 12.1. The molecule has 0 aromatic carbocycles. The molecule has 2 aliphatic rings. The number of hydrogen-bond donors (Lipinski definition) is 1. The van der Waals surface area contributed by atoms with Gasteiger partial charge in [0, 0.05) is 32.1 Å². The van der Waals surface area contributed by atoms with Gasteiger partial charge in [-0.15, -0.1) is 0 Å². The molecule has 1 amide bonds. The van der Waals surface area contributed by atoms with E-state index < -0.39 is 0 Å². The highest BCUT2D eigenvalue weighted by molar-refractivity contribution is 5.78. The molecule has 0 bridgehead atoms. The summed E-state index contributed by atoms with van der Waals surface area (Å²) in [4.78, 5) is 14.2. The number of likely N-dealkylation sites (tertiary alicyclic amines) is 1. The zero-order chi connectivity index (χ0) is 11.6. The fraction of sp³-hybridized carbons (Fsp3) is 0.923. The van der Waals surface area contributed by atoms with Crippen molar-refractivity contribution in [1.29, 1.82) is 0 Å². The van der Waals surface area contributed by atoms with Crippen LogP contribution < -0.4 is 5.32 Å². The highest BCUT2D eigenvalue weighted by atomic mass is 16.2. The normalized spacial score (nSPS) is 25.2. The molecule has 0 aromatic heterocycles. The number of nitrogens with one attached hydrogen (secondary N) is 1. The molecule has 2 fully saturated rings. The Hall–Kier alpha value is -0.570. The first-order chi connectivity index (χ1) is 7.67. The molecule has 1 spiro atoms. The van der Waals surface area contributed by atoms with E-state index in [4.69, 9.17) is 0 Å². The predicted molar refractivity (Wildman–Crippen MR) is 65.2 cm³/mol. The topological polar surface area (TPSA) is 32.3 Å². The quantitative estimate of drug-likeness (QED) is 0.790. The third-order valence-electron chi connectivity index (χ3n) is 4.28. The van der Waals surface area contributed by atoms with Gasteiger partial charge in [0.25, 0.3) is 0 Å². The van der Waals surface area contributed by atoms with Gasteiger partial charge < -0.3 is 10.2 Å². The molecular formula is C13H24N2O. The standard InChI is InChI=1S/C13H24N2O/c1-3-4-11(2)12(16)15-7-5-13(6-8-15)9-14-10-13/h11,14H,3-10H2,1-2H3. The van der Waals surface area contributed by atoms with Gasteiger partial charge in [-0.2, -0.15) is 0 Å². The maximum Gasteiger partial charge on any atom is 0.225 e. The van der Waals surface area contributed by atoms with Crippen molar-refractivity contribution >= 4 is 5.91 Å². The molecule has 0 aliphatic carbocycles. The Kier molecular flexibility index (Phi) is 3.53. The van der Waals surface area contributed by atoms with Gasteiger partial charge in [-0.1, -0.05) is 20.3 Å². The Morgan fingerprint density at radius 2 is 2.00 bits per heavy atom. The van der Waals surface area contributed by atoms with Gasteiger partial charge in [0.05, 0.1) is 0 Å². The SMILES string of the molecule is CCCC(C)C(=O)N1CCC2(CC1)CNC2. The first-order valence-corrected chi connectivity index (χ1v) is 6.66. The van der Waals surface area contributed by atoms with Crippen LogP contribution in [0.2, 0.25) is 0 Å². The molecule has 3 nitrogen and oxygen atoms in total. The summed E-state index contributed by atoms with van der Waals surface area (Å²) in [6, 6.07) is 0. The molecule has 92 valence electrons. The van der Waals surface area contributed by atoms with E-state index in [1.54, 1.807) is 0 Å². The Morgan fingerprint density at radius 3 is 2.44 bits per heavy atom. The Bertz CT molecular complexity index is 251. The summed E-state index contributed by atoms with van der Waals surface area (Å²) in [5, 5.41) is 3.36. The van der Waals surface area contributed by atoms with Crippen molar-refractivity contribution in [2.45, 2.75) is 39.5 Å². The molecule has 0 saturated carbocycles. The number of carbonyl (C=O) groups excluding carboxylic acids is 1. The summed E-state index contributed by atoms with van der Waals surface area (Å²) in [5.74, 6) is 0.600. The van der Waals surface area contributed by atoms with E-state index in [2.05, 4.69) is 24.1 Å². The Morgan fingerprint density at radius 1 is 1.38 bits per heavy atom. The fourth-order valence-corrected chi connectivity index (χ4v) is 2.90. The van der Waals surface area contributed by atoms with Gasteiger partial charge in [0.2, 0.25) is 5.91 Å². The minimum Gasteiger partial charge on any atom is -0.342 e. The molecule has 0 radical (unpaired) electrons. The van der Waals surface area contributed by atoms with Crippen LogP contribution in [0.4, 0.5) is 0 Å². The first-order valence-electron chi connectivity index (χ1n) is 6.66. The van der Waals surface area contributed by atoms with E-state index >= 15 is 0 Å². The molecule has 1 N–H and O–H groups in total. The zero-order valence-corrected chi connectivity index (χ0v) is 10.6. The fourth-order valence-electron chi connectivity index (χ4n) is 2.90. The lowest BCUT2D eigenvalue weighted by Gasteiger charge is -2.48. The Balaban J connectivity index is 1.81. The average Bonchev–Trinajstić information content (AvgIpc) is 2.26. The van der Waals surface area contributed by atoms with Crippen LogP contribution in [-0.2, 0) is 4.79 Å². The van der Waals surface area contributed by atoms with Gasteiger partial charge in [0.15, 0.2) is 0 Å². The number of carbonyl (C=O) groups is 1. The molecule has 2 saturated heterocycles. The van der Waals surface area contributed by atoms with E-state index in [9.17, 15) is 4.79 Å². The zero-order valence-electron chi connectivity index (χ0n) is 10.6. The van der Waals surface area contributed by atoms with Crippen molar-refractivity contribution in [3.05, 3.63) is 0 Å². The molecular weight excluding hydrogens is 200 g/mol. The highest BCUT2D eigenvalue weighted by Gasteiger charge is 2.40. The monoisotopic (exact) mass is 224 g/mol. The lowest BCUT2D eigenvalue weighted by atomic mass is 9.73. The summed E-state index contributed by atoms with van der Waals surface area (Å²) < 4.78 is 0. The minimum atomic E-state index is 0.221. The molecule has 16 heavy (non-hydrogen) atoms. The van der Waals surface area contributed by atoms with Crippen LogP contribution in [0.3, 0.4) is 0 Å². The van der Waals surface area contributed by atoms with Crippen LogP contribution in [0.1, 0.15) is 39.5 Å². The van der Waals surface area contributed by atoms with Gasteiger partial charge in [-0.3, -0.25) is 4.79 Å². The highest BCUT2D eigenvalue weighted by Crippen LogP contribution is 2.35. The second kappa shape index (κ2) is 4.74. The summed E-state index contributed by atoms with van der Waals surface area (Å²) in [5.41, 5.74) is 0.546. The summed E-state index contributed by atoms with van der Waals surface area (Å²) in [6.45, 7) is 8.51. The van der Waals surface area contributed by atoms with Gasteiger partial charge >= 0.3 is 0 Å². The molecule has 2 rings (SSSR count). The van der Waals surface area contributed by atoms with Crippen LogP contribution >= 0.6 is 0 Å². The van der Waals surface area contributed by atoms with Crippen molar-refractivity contribution in [2.24, 2.45) is 11.3 Å². The number of rotatable bonds is 3. The van der Waals surface area contributed by atoms with Crippen molar-refractivity contribution in [3.8, 4) is 0 Å². The van der Waals surface area contributed by atoms with E-state index in [0.29, 0.717) is 11.3 Å². The second-order valence-corrected chi connectivity index (χ2v) is 5.62. The van der Waals surface area contributed by atoms with Crippen molar-refractivity contribution < 1.29 is 4.79 Å². The lowest BCUT2D eigenvalue weighted by molar-refractivity contribution is -0.138. The summed E-state index contributed by atoms with van der Waals surface area (Å²) in [6.07, 6.45) is 4.53. The van der Waals surface area contributed by atoms with E-state index in [0.717, 1.165) is 25.9 Å². The predicted octanol–water partition coefficient (Wildman–Crippen LogP) is 1.63. The van der Waals surface area contributed by atoms with Crippen molar-refractivity contribution in [3.63, 3.8) is 0 Å². The van der Waals surface area contributed by atoms with Crippen LogP contribution in [0.25, 0.3) is 0 Å². The van der Waals surface area contributed by atoms with Crippen LogP contribution in [-0.4, -0.2) is 37.0 Å². The third-order valence-corrected chi connectivity index (χ3v) is 4.28. The third kappa shape index (κ3) is 2.24. The minimum absolute atomic E-state index is 0.221. The lowest BCUT2D eigenvalue weighted by Crippen LogP contribution is -2.59. The number of nitrogens with zero attached hydrogens (tertiary/aromatic N) is 1. The first kappa shape index (κ1) is 11.9. The molecule has 1 unspecified atom stereocenters. The molecule has 3 heteroatoms. The van der Waals surface area contributed by atoms with Crippen molar-refractivity contribution in [1.82, 2.24) is 10.2 Å². The molecule has 0 aromatic rings. The molecule has 1 atom stereocenters. The average molecular weight is 224 g/mol. The Labute approximate surface area is 98.6 Å². The smallest absolute Gasteiger partial charge is 0.225 e. The van der Waals surface area contributed by atoms with Crippen LogP contribution in [0, 0.1) is 11.3 Å². The molecule has 2 aliphatic heterocycles. The van der Waals surface area contributed by atoms with E-state index in [-0.39, 0.29) is 5.92 Å². The van der Waals surface area contributed by atoms with Crippen molar-refractivity contribution in [2.75, 3.05) is 26.2 Å². The van der Waals surface area contributed by atoms with Crippen LogP contribution in [0.15, 0.2) is 0 Å². The second-order valence-electron chi connectivity index (χ2n) is 5.62. The summed E-state index contributed by atoms with van der Waals surface area (Å²) in [7, 11) is 0. The largest absolute Gasteiger partial charge is 0.342 e. The van der Waals surface area contributed by atoms with E-state index in [1.165, 1.54) is 25.9 Å². The number of piperidine rings is 1. The summed E-state index contributed by atoms with van der Waals surface area (Å²) >= 11 is 0. The number of hydrogen-bond acceptors (Lipinski definition) is 2. The van der Waals surface area contributed by atoms with Gasteiger partial charge in [-0.25, -0.2) is 0 Å². The van der Waals surface area contributed by atoms with Gasteiger partial charge in [0.1, 0.15) is 0 Å². The van der Waals surface area contributed by atoms with E-state index in [1.807, 2.05) is 0 Å². The molecule has 2 heterocycles.